The normalized spacial score (nSPS) is 18.4. The largest absolute Gasteiger partial charge is 0.338 e. The van der Waals surface area contributed by atoms with Gasteiger partial charge in [-0.1, -0.05) is 41.1 Å². The molecule has 1 amide bonds. The van der Waals surface area contributed by atoms with E-state index in [9.17, 15) is 4.79 Å². The van der Waals surface area contributed by atoms with Crippen LogP contribution in [0.25, 0.3) is 10.1 Å². The summed E-state index contributed by atoms with van der Waals surface area (Å²) in [6.07, 6.45) is 2.20. The highest BCUT2D eigenvalue weighted by atomic mass is 79.9. The highest BCUT2D eigenvalue weighted by Gasteiger charge is 2.26. The Morgan fingerprint density at radius 3 is 2.70 bits per heavy atom. The molecular weight excluding hydrogens is 334 g/mol. The summed E-state index contributed by atoms with van der Waals surface area (Å²) in [4.78, 5) is 16.0. The van der Waals surface area contributed by atoms with Gasteiger partial charge in [-0.3, -0.25) is 4.79 Å². The van der Waals surface area contributed by atoms with E-state index < -0.39 is 0 Å². The van der Waals surface area contributed by atoms with Gasteiger partial charge in [0.1, 0.15) is 0 Å². The molecule has 4 heteroatoms. The van der Waals surface area contributed by atoms with Gasteiger partial charge in [-0.05, 0) is 36.3 Å². The molecule has 0 saturated carbocycles. The monoisotopic (exact) mass is 351 g/mol. The maximum Gasteiger partial charge on any atom is 0.263 e. The molecule has 1 atom stereocenters. The Hall–Kier alpha value is -0.870. The van der Waals surface area contributed by atoms with Crippen LogP contribution in [0.5, 0.6) is 0 Å². The minimum Gasteiger partial charge on any atom is -0.338 e. The second-order valence-electron chi connectivity index (χ2n) is 5.46. The molecule has 0 spiro atoms. The number of thiophene rings is 1. The van der Waals surface area contributed by atoms with Crippen LogP contribution < -0.4 is 0 Å². The van der Waals surface area contributed by atoms with Gasteiger partial charge in [-0.2, -0.15) is 0 Å². The highest BCUT2D eigenvalue weighted by Crippen LogP contribution is 2.29. The van der Waals surface area contributed by atoms with E-state index >= 15 is 0 Å². The fourth-order valence-corrected chi connectivity index (χ4v) is 4.36. The summed E-state index contributed by atoms with van der Waals surface area (Å²) in [6.45, 7) is 3.97. The zero-order chi connectivity index (χ0) is 14.1. The maximum absolute atomic E-state index is 12.6. The molecule has 1 aliphatic rings. The van der Waals surface area contributed by atoms with Gasteiger partial charge in [0.15, 0.2) is 0 Å². The van der Waals surface area contributed by atoms with Crippen molar-refractivity contribution in [2.24, 2.45) is 5.92 Å². The molecular formula is C16H18BrNOS. The molecule has 2 aromatic rings. The van der Waals surface area contributed by atoms with Crippen LogP contribution in [0, 0.1) is 5.92 Å². The molecule has 106 valence electrons. The zero-order valence-corrected chi connectivity index (χ0v) is 13.9. The number of alkyl halides is 1. The number of piperidine rings is 1. The molecule has 1 saturated heterocycles. The number of likely N-dealkylation sites (tertiary alicyclic amines) is 1. The van der Waals surface area contributed by atoms with E-state index in [0.29, 0.717) is 10.7 Å². The lowest BCUT2D eigenvalue weighted by Gasteiger charge is -2.33. The first kappa shape index (κ1) is 14.1. The fourth-order valence-electron chi connectivity index (χ4n) is 2.80. The van der Waals surface area contributed by atoms with Crippen LogP contribution >= 0.6 is 27.3 Å². The Morgan fingerprint density at radius 2 is 2.05 bits per heavy atom. The SMILES string of the molecule is CC(Br)C1CCN(C(=O)c2cc3ccccc3s2)CC1. The van der Waals surface area contributed by atoms with E-state index in [-0.39, 0.29) is 5.91 Å². The lowest BCUT2D eigenvalue weighted by Crippen LogP contribution is -2.39. The number of halogens is 1. The lowest BCUT2D eigenvalue weighted by molar-refractivity contribution is 0.0696. The van der Waals surface area contributed by atoms with Crippen molar-refractivity contribution in [1.82, 2.24) is 4.90 Å². The smallest absolute Gasteiger partial charge is 0.263 e. The van der Waals surface area contributed by atoms with Gasteiger partial charge in [-0.25, -0.2) is 0 Å². The van der Waals surface area contributed by atoms with Crippen LogP contribution in [0.15, 0.2) is 30.3 Å². The van der Waals surface area contributed by atoms with Crippen molar-refractivity contribution in [1.29, 1.82) is 0 Å². The minimum absolute atomic E-state index is 0.201. The van der Waals surface area contributed by atoms with Gasteiger partial charge >= 0.3 is 0 Å². The number of rotatable bonds is 2. The Balaban J connectivity index is 1.73. The van der Waals surface area contributed by atoms with Crippen molar-refractivity contribution >= 4 is 43.3 Å². The summed E-state index contributed by atoms with van der Waals surface area (Å²) in [5.74, 6) is 0.897. The van der Waals surface area contributed by atoms with E-state index in [1.165, 1.54) is 10.1 Å². The molecule has 1 aromatic heterocycles. The molecule has 1 aliphatic heterocycles. The van der Waals surface area contributed by atoms with Gasteiger partial charge in [0.25, 0.3) is 5.91 Å². The summed E-state index contributed by atoms with van der Waals surface area (Å²) < 4.78 is 1.19. The second-order valence-corrected chi connectivity index (χ2v) is 7.98. The quantitative estimate of drug-likeness (QED) is 0.727. The van der Waals surface area contributed by atoms with E-state index in [1.807, 2.05) is 23.1 Å². The number of amides is 1. The molecule has 3 rings (SSSR count). The molecule has 2 heterocycles. The van der Waals surface area contributed by atoms with Crippen molar-refractivity contribution in [3.8, 4) is 0 Å². The first-order valence-electron chi connectivity index (χ1n) is 7.07. The van der Waals surface area contributed by atoms with Crippen molar-refractivity contribution in [2.45, 2.75) is 24.6 Å². The average Bonchev–Trinajstić information content (AvgIpc) is 2.90. The number of nitrogens with zero attached hydrogens (tertiary/aromatic N) is 1. The summed E-state index contributed by atoms with van der Waals surface area (Å²) in [5.41, 5.74) is 0. The van der Waals surface area contributed by atoms with Crippen molar-refractivity contribution in [3.63, 3.8) is 0 Å². The molecule has 0 bridgehead atoms. The van der Waals surface area contributed by atoms with E-state index in [0.717, 1.165) is 30.8 Å². The van der Waals surface area contributed by atoms with Crippen LogP contribution in [0.4, 0.5) is 0 Å². The van der Waals surface area contributed by atoms with Crippen molar-refractivity contribution < 1.29 is 4.79 Å². The Kier molecular flexibility index (Phi) is 4.13. The summed E-state index contributed by atoms with van der Waals surface area (Å²) in [5, 5.41) is 1.17. The van der Waals surface area contributed by atoms with Gasteiger partial charge in [0.05, 0.1) is 4.88 Å². The van der Waals surface area contributed by atoms with E-state index in [4.69, 9.17) is 0 Å². The van der Waals surface area contributed by atoms with Crippen molar-refractivity contribution in [2.75, 3.05) is 13.1 Å². The molecule has 20 heavy (non-hydrogen) atoms. The predicted molar refractivity (Wildman–Crippen MR) is 88.8 cm³/mol. The molecule has 1 fully saturated rings. The van der Waals surface area contributed by atoms with Crippen LogP contribution in [0.2, 0.25) is 0 Å². The summed E-state index contributed by atoms with van der Waals surface area (Å²) in [6, 6.07) is 10.2. The first-order valence-corrected chi connectivity index (χ1v) is 8.80. The fraction of sp³-hybridized carbons (Fsp3) is 0.438. The number of carbonyl (C=O) groups is 1. The minimum atomic E-state index is 0.201. The third-order valence-corrected chi connectivity index (χ3v) is 5.96. The predicted octanol–water partition coefficient (Wildman–Crippen LogP) is 4.54. The van der Waals surface area contributed by atoms with Gasteiger partial charge in [0.2, 0.25) is 0 Å². The number of hydrogen-bond donors (Lipinski definition) is 0. The number of benzene rings is 1. The van der Waals surface area contributed by atoms with Crippen LogP contribution in [0.1, 0.15) is 29.4 Å². The van der Waals surface area contributed by atoms with E-state index in [1.54, 1.807) is 11.3 Å². The number of carbonyl (C=O) groups excluding carboxylic acids is 1. The topological polar surface area (TPSA) is 20.3 Å². The highest BCUT2D eigenvalue weighted by molar-refractivity contribution is 9.09. The molecule has 0 N–H and O–H groups in total. The second kappa shape index (κ2) is 5.86. The Morgan fingerprint density at radius 1 is 1.35 bits per heavy atom. The molecule has 0 aliphatic carbocycles. The third kappa shape index (κ3) is 2.77. The first-order chi connectivity index (χ1) is 9.65. The van der Waals surface area contributed by atoms with Crippen LogP contribution in [-0.4, -0.2) is 28.7 Å². The standard InChI is InChI=1S/C16H18BrNOS/c1-11(17)12-6-8-18(9-7-12)16(19)15-10-13-4-2-3-5-14(13)20-15/h2-5,10-12H,6-9H2,1H3. The number of hydrogen-bond acceptors (Lipinski definition) is 2. The average molecular weight is 352 g/mol. The molecule has 2 nitrogen and oxygen atoms in total. The summed E-state index contributed by atoms with van der Waals surface area (Å²) >= 11 is 5.27. The van der Waals surface area contributed by atoms with Gasteiger partial charge in [-0.15, -0.1) is 11.3 Å². The molecule has 1 unspecified atom stereocenters. The van der Waals surface area contributed by atoms with E-state index in [2.05, 4.69) is 35.0 Å². The number of fused-ring (bicyclic) bond motifs is 1. The zero-order valence-electron chi connectivity index (χ0n) is 11.5. The van der Waals surface area contributed by atoms with Crippen molar-refractivity contribution in [3.05, 3.63) is 35.2 Å². The maximum atomic E-state index is 12.6. The summed E-state index contributed by atoms with van der Waals surface area (Å²) in [7, 11) is 0. The Labute approximate surface area is 131 Å². The van der Waals surface area contributed by atoms with Crippen LogP contribution in [-0.2, 0) is 0 Å². The lowest BCUT2D eigenvalue weighted by atomic mass is 9.94. The third-order valence-electron chi connectivity index (χ3n) is 4.11. The molecule has 0 radical (unpaired) electrons. The van der Waals surface area contributed by atoms with Gasteiger partial charge < -0.3 is 4.90 Å². The van der Waals surface area contributed by atoms with Crippen LogP contribution in [0.3, 0.4) is 0 Å². The Bertz CT molecular complexity index is 581. The molecule has 1 aromatic carbocycles. The van der Waals surface area contributed by atoms with Gasteiger partial charge in [0, 0.05) is 22.6 Å².